The SMILES string of the molecule is Cc1noc(C)c1CO[C@H]1CCOC[C@H]1NS(=O)(=O)N1CCCCC1. The van der Waals surface area contributed by atoms with Gasteiger partial charge in [0.15, 0.2) is 0 Å². The Bertz CT molecular complexity index is 650. The maximum atomic E-state index is 12.6. The summed E-state index contributed by atoms with van der Waals surface area (Å²) in [5.41, 5.74) is 1.72. The van der Waals surface area contributed by atoms with Crippen LogP contribution in [0.4, 0.5) is 0 Å². The predicted octanol–water partition coefficient (Wildman–Crippen LogP) is 1.29. The van der Waals surface area contributed by atoms with Crippen molar-refractivity contribution in [3.8, 4) is 0 Å². The lowest BCUT2D eigenvalue weighted by molar-refractivity contribution is -0.0578. The standard InChI is InChI=1S/C16H27N3O5S/c1-12-14(13(2)24-17-12)10-23-16-6-9-22-11-15(16)18-25(20,21)19-7-4-3-5-8-19/h15-16,18H,3-11H2,1-2H3/t15-,16+/m1/s1. The molecule has 2 aliphatic heterocycles. The Hall–Kier alpha value is -1.00. The van der Waals surface area contributed by atoms with Gasteiger partial charge in [-0.25, -0.2) is 0 Å². The summed E-state index contributed by atoms with van der Waals surface area (Å²) in [4.78, 5) is 0. The number of rotatable bonds is 6. The molecule has 0 aromatic carbocycles. The number of nitrogens with zero attached hydrogens (tertiary/aromatic N) is 2. The Labute approximate surface area is 149 Å². The van der Waals surface area contributed by atoms with Crippen molar-refractivity contribution >= 4 is 10.2 Å². The van der Waals surface area contributed by atoms with Gasteiger partial charge in [-0.3, -0.25) is 0 Å². The molecule has 3 rings (SSSR count). The quantitative estimate of drug-likeness (QED) is 0.807. The molecule has 8 nitrogen and oxygen atoms in total. The Balaban J connectivity index is 1.62. The molecule has 25 heavy (non-hydrogen) atoms. The molecule has 2 saturated heterocycles. The second-order valence-electron chi connectivity index (χ2n) is 6.70. The van der Waals surface area contributed by atoms with Crippen LogP contribution in [-0.4, -0.2) is 56.3 Å². The lowest BCUT2D eigenvalue weighted by atomic mass is 10.1. The van der Waals surface area contributed by atoms with E-state index in [-0.39, 0.29) is 12.1 Å². The largest absolute Gasteiger partial charge is 0.380 e. The topological polar surface area (TPSA) is 93.9 Å². The highest BCUT2D eigenvalue weighted by Gasteiger charge is 2.33. The van der Waals surface area contributed by atoms with Crippen LogP contribution in [-0.2, 0) is 26.3 Å². The van der Waals surface area contributed by atoms with Gasteiger partial charge in [-0.15, -0.1) is 0 Å². The van der Waals surface area contributed by atoms with Crippen LogP contribution in [0.25, 0.3) is 0 Å². The van der Waals surface area contributed by atoms with Crippen molar-refractivity contribution in [3.63, 3.8) is 0 Å². The summed E-state index contributed by atoms with van der Waals surface area (Å²) in [6, 6.07) is -0.388. The van der Waals surface area contributed by atoms with E-state index >= 15 is 0 Å². The number of aryl methyl sites for hydroxylation is 2. The number of ether oxygens (including phenoxy) is 2. The predicted molar refractivity (Wildman–Crippen MR) is 91.3 cm³/mol. The Morgan fingerprint density at radius 2 is 2.04 bits per heavy atom. The maximum Gasteiger partial charge on any atom is 0.279 e. The molecule has 0 radical (unpaired) electrons. The van der Waals surface area contributed by atoms with Crippen molar-refractivity contribution < 1.29 is 22.4 Å². The Morgan fingerprint density at radius 1 is 1.28 bits per heavy atom. The summed E-state index contributed by atoms with van der Waals surface area (Å²) < 4.78 is 46.2. The number of aromatic nitrogens is 1. The molecule has 142 valence electrons. The van der Waals surface area contributed by atoms with Gasteiger partial charge in [-0.1, -0.05) is 11.6 Å². The van der Waals surface area contributed by atoms with Crippen LogP contribution in [0, 0.1) is 13.8 Å². The molecule has 0 unspecified atom stereocenters. The first kappa shape index (κ1) is 18.8. The molecule has 0 saturated carbocycles. The Morgan fingerprint density at radius 3 is 2.72 bits per heavy atom. The fourth-order valence-electron chi connectivity index (χ4n) is 3.30. The second kappa shape index (κ2) is 8.13. The molecule has 1 aromatic heterocycles. The van der Waals surface area contributed by atoms with Crippen LogP contribution in [0.3, 0.4) is 0 Å². The third kappa shape index (κ3) is 4.59. The van der Waals surface area contributed by atoms with Gasteiger partial charge >= 0.3 is 0 Å². The van der Waals surface area contributed by atoms with E-state index in [1.165, 1.54) is 4.31 Å². The fourth-order valence-corrected chi connectivity index (χ4v) is 4.79. The van der Waals surface area contributed by atoms with E-state index in [0.29, 0.717) is 39.3 Å². The van der Waals surface area contributed by atoms with Crippen LogP contribution in [0.2, 0.25) is 0 Å². The Kier molecular flexibility index (Phi) is 6.11. The van der Waals surface area contributed by atoms with Gasteiger partial charge in [0.1, 0.15) is 5.76 Å². The first-order valence-corrected chi connectivity index (χ1v) is 10.3. The fraction of sp³-hybridized carbons (Fsp3) is 0.812. The zero-order valence-electron chi connectivity index (χ0n) is 14.9. The van der Waals surface area contributed by atoms with Crippen LogP contribution in [0.1, 0.15) is 42.7 Å². The average molecular weight is 373 g/mol. The van der Waals surface area contributed by atoms with Crippen LogP contribution >= 0.6 is 0 Å². The van der Waals surface area contributed by atoms with Crippen molar-refractivity contribution in [2.24, 2.45) is 0 Å². The summed E-state index contributed by atoms with van der Waals surface area (Å²) in [7, 11) is -3.51. The molecule has 2 aliphatic rings. The monoisotopic (exact) mass is 373 g/mol. The highest BCUT2D eigenvalue weighted by molar-refractivity contribution is 7.87. The third-order valence-corrected chi connectivity index (χ3v) is 6.52. The number of piperidine rings is 1. The van der Waals surface area contributed by atoms with Gasteiger partial charge in [0, 0.05) is 25.3 Å². The molecular weight excluding hydrogens is 346 g/mol. The molecule has 0 spiro atoms. The molecule has 9 heteroatoms. The van der Waals surface area contributed by atoms with E-state index in [1.807, 2.05) is 13.8 Å². The summed E-state index contributed by atoms with van der Waals surface area (Å²) in [5, 5.41) is 3.92. The van der Waals surface area contributed by atoms with Gasteiger partial charge in [0.25, 0.3) is 10.2 Å². The van der Waals surface area contributed by atoms with E-state index in [1.54, 1.807) is 0 Å². The zero-order valence-corrected chi connectivity index (χ0v) is 15.7. The molecule has 0 bridgehead atoms. The molecule has 2 fully saturated rings. The minimum absolute atomic E-state index is 0.234. The minimum atomic E-state index is -3.51. The van der Waals surface area contributed by atoms with Crippen molar-refractivity contribution in [1.29, 1.82) is 0 Å². The lowest BCUT2D eigenvalue weighted by Crippen LogP contribution is -2.55. The molecule has 3 heterocycles. The number of nitrogens with one attached hydrogen (secondary N) is 1. The lowest BCUT2D eigenvalue weighted by Gasteiger charge is -2.34. The van der Waals surface area contributed by atoms with Crippen molar-refractivity contribution in [2.75, 3.05) is 26.3 Å². The normalized spacial score (nSPS) is 26.0. The number of hydrogen-bond donors (Lipinski definition) is 1. The van der Waals surface area contributed by atoms with Gasteiger partial charge in [0.2, 0.25) is 0 Å². The molecule has 1 N–H and O–H groups in total. The number of hydrogen-bond acceptors (Lipinski definition) is 6. The van der Waals surface area contributed by atoms with Gasteiger partial charge in [0.05, 0.1) is 31.1 Å². The smallest absolute Gasteiger partial charge is 0.279 e. The van der Waals surface area contributed by atoms with Crippen LogP contribution < -0.4 is 4.72 Å². The molecule has 2 atom stereocenters. The minimum Gasteiger partial charge on any atom is -0.380 e. The van der Waals surface area contributed by atoms with Gasteiger partial charge in [-0.05, 0) is 33.1 Å². The van der Waals surface area contributed by atoms with E-state index < -0.39 is 10.2 Å². The van der Waals surface area contributed by atoms with Crippen molar-refractivity contribution in [1.82, 2.24) is 14.2 Å². The van der Waals surface area contributed by atoms with Gasteiger partial charge < -0.3 is 14.0 Å². The summed E-state index contributed by atoms with van der Waals surface area (Å²) in [5.74, 6) is 0.731. The average Bonchev–Trinajstić information content (AvgIpc) is 2.93. The van der Waals surface area contributed by atoms with E-state index in [2.05, 4.69) is 9.88 Å². The van der Waals surface area contributed by atoms with Crippen LogP contribution in [0.15, 0.2) is 4.52 Å². The van der Waals surface area contributed by atoms with Gasteiger partial charge in [-0.2, -0.15) is 17.4 Å². The summed E-state index contributed by atoms with van der Waals surface area (Å²) in [6.45, 7) is 6.11. The molecule has 1 aromatic rings. The van der Waals surface area contributed by atoms with E-state index in [4.69, 9.17) is 14.0 Å². The van der Waals surface area contributed by atoms with Crippen LogP contribution in [0.5, 0.6) is 0 Å². The zero-order chi connectivity index (χ0) is 17.9. The molecule has 0 amide bonds. The van der Waals surface area contributed by atoms with Crippen molar-refractivity contribution in [2.45, 2.75) is 58.3 Å². The highest BCUT2D eigenvalue weighted by Crippen LogP contribution is 2.20. The second-order valence-corrected chi connectivity index (χ2v) is 8.41. The van der Waals surface area contributed by atoms with E-state index in [9.17, 15) is 8.42 Å². The maximum absolute atomic E-state index is 12.6. The highest BCUT2D eigenvalue weighted by atomic mass is 32.2. The molecule has 0 aliphatic carbocycles. The van der Waals surface area contributed by atoms with Crippen molar-refractivity contribution in [3.05, 3.63) is 17.0 Å². The summed E-state index contributed by atoms with van der Waals surface area (Å²) >= 11 is 0. The molecular formula is C16H27N3O5S. The first-order valence-electron chi connectivity index (χ1n) is 8.86. The third-order valence-electron chi connectivity index (χ3n) is 4.87. The summed E-state index contributed by atoms with van der Waals surface area (Å²) in [6.07, 6.45) is 3.32. The van der Waals surface area contributed by atoms with E-state index in [0.717, 1.165) is 36.3 Å². The first-order chi connectivity index (χ1) is 12.0.